The highest BCUT2D eigenvalue weighted by atomic mass is 32.2. The molecule has 1 N–H and O–H groups in total. The molecule has 0 radical (unpaired) electrons. The number of nitrogens with zero attached hydrogens (tertiary/aromatic N) is 5. The predicted octanol–water partition coefficient (Wildman–Crippen LogP) is 0.0518. The average Bonchev–Trinajstić information content (AvgIpc) is 3.16. The maximum Gasteiger partial charge on any atom is 0.282 e. The quantitative estimate of drug-likeness (QED) is 0.721. The zero-order valence-corrected chi connectivity index (χ0v) is 17.0. The minimum atomic E-state index is -3.59. The summed E-state index contributed by atoms with van der Waals surface area (Å²) in [6.07, 6.45) is 1.28. The largest absolute Gasteiger partial charge is 0.504 e. The van der Waals surface area contributed by atoms with Crippen LogP contribution < -0.4 is 0 Å². The van der Waals surface area contributed by atoms with Gasteiger partial charge in [-0.25, -0.2) is 9.07 Å². The highest BCUT2D eigenvalue weighted by molar-refractivity contribution is 7.86. The van der Waals surface area contributed by atoms with E-state index in [0.29, 0.717) is 32.0 Å². The van der Waals surface area contributed by atoms with Gasteiger partial charge in [-0.05, 0) is 24.3 Å². The number of piperazine rings is 1. The molecule has 1 aromatic carbocycles. The molecule has 30 heavy (non-hydrogen) atoms. The van der Waals surface area contributed by atoms with Crippen LogP contribution in [0.25, 0.3) is 5.69 Å². The normalized spacial score (nSPS) is 19.2. The van der Waals surface area contributed by atoms with E-state index in [4.69, 9.17) is 4.74 Å². The van der Waals surface area contributed by atoms with Crippen LogP contribution in [0.15, 0.2) is 30.5 Å². The van der Waals surface area contributed by atoms with Crippen molar-refractivity contribution in [2.24, 2.45) is 0 Å². The van der Waals surface area contributed by atoms with Crippen LogP contribution in [0.2, 0.25) is 0 Å². The molecule has 162 valence electrons. The number of carbonyl (C=O) groups is 1. The van der Waals surface area contributed by atoms with E-state index < -0.39 is 21.9 Å². The van der Waals surface area contributed by atoms with E-state index in [0.717, 1.165) is 0 Å². The molecule has 0 atom stereocenters. The third-order valence-electron chi connectivity index (χ3n) is 5.14. The zero-order valence-electron chi connectivity index (χ0n) is 16.1. The van der Waals surface area contributed by atoms with Crippen LogP contribution in [-0.2, 0) is 14.9 Å². The molecule has 0 saturated carbocycles. The molecule has 3 heterocycles. The second-order valence-corrected chi connectivity index (χ2v) is 8.92. The number of hydrogen-bond acceptors (Lipinski definition) is 6. The molecular formula is C18H22FN5O5S. The van der Waals surface area contributed by atoms with Gasteiger partial charge in [0.15, 0.2) is 11.4 Å². The molecule has 2 aromatic rings. The Balaban J connectivity index is 1.43. The maximum absolute atomic E-state index is 13.1. The van der Waals surface area contributed by atoms with Crippen molar-refractivity contribution in [2.75, 3.05) is 52.5 Å². The monoisotopic (exact) mass is 439 g/mol. The first kappa shape index (κ1) is 20.7. The standard InChI is InChI=1S/C18H22FN5O5S/c19-14-1-3-15(4-2-14)24-13-16(25)17(20-24)18(26)21-5-7-22(8-6-21)30(27,28)23-9-11-29-12-10-23/h1-4,13,25H,5-12H2. The number of halogens is 1. The lowest BCUT2D eigenvalue weighted by molar-refractivity contribution is 0.0631. The van der Waals surface area contributed by atoms with Gasteiger partial charge in [0, 0.05) is 39.3 Å². The molecule has 2 saturated heterocycles. The Hall–Kier alpha value is -2.54. The van der Waals surface area contributed by atoms with Crippen molar-refractivity contribution in [2.45, 2.75) is 0 Å². The van der Waals surface area contributed by atoms with E-state index in [1.165, 1.54) is 48.7 Å². The van der Waals surface area contributed by atoms with Gasteiger partial charge in [0.05, 0.1) is 25.1 Å². The summed E-state index contributed by atoms with van der Waals surface area (Å²) in [7, 11) is -3.59. The number of carbonyl (C=O) groups excluding carboxylic acids is 1. The van der Waals surface area contributed by atoms with Crippen molar-refractivity contribution in [1.82, 2.24) is 23.3 Å². The van der Waals surface area contributed by atoms with Crippen molar-refractivity contribution in [3.8, 4) is 11.4 Å². The Morgan fingerprint density at radius 2 is 1.60 bits per heavy atom. The van der Waals surface area contributed by atoms with Crippen LogP contribution in [0, 0.1) is 5.82 Å². The summed E-state index contributed by atoms with van der Waals surface area (Å²) in [6.45, 7) is 2.06. The van der Waals surface area contributed by atoms with Crippen LogP contribution in [0.4, 0.5) is 4.39 Å². The number of amides is 1. The van der Waals surface area contributed by atoms with E-state index in [-0.39, 0.29) is 37.6 Å². The number of ether oxygens (including phenoxy) is 1. The van der Waals surface area contributed by atoms with Gasteiger partial charge in [-0.15, -0.1) is 0 Å². The molecular weight excluding hydrogens is 417 g/mol. The van der Waals surface area contributed by atoms with Crippen LogP contribution in [0.3, 0.4) is 0 Å². The molecule has 0 bridgehead atoms. The van der Waals surface area contributed by atoms with Gasteiger partial charge in [0.1, 0.15) is 5.82 Å². The van der Waals surface area contributed by atoms with Crippen LogP contribution in [-0.4, -0.2) is 95.2 Å². The summed E-state index contributed by atoms with van der Waals surface area (Å²) in [5, 5.41) is 14.3. The third-order valence-corrected chi connectivity index (χ3v) is 7.17. The van der Waals surface area contributed by atoms with E-state index >= 15 is 0 Å². The van der Waals surface area contributed by atoms with Gasteiger partial charge < -0.3 is 14.7 Å². The van der Waals surface area contributed by atoms with Gasteiger partial charge in [0.2, 0.25) is 0 Å². The van der Waals surface area contributed by atoms with Gasteiger partial charge in [-0.1, -0.05) is 0 Å². The van der Waals surface area contributed by atoms with E-state index in [1.807, 2.05) is 0 Å². The first-order valence-corrected chi connectivity index (χ1v) is 10.9. The molecule has 10 nitrogen and oxygen atoms in total. The average molecular weight is 439 g/mol. The lowest BCUT2D eigenvalue weighted by atomic mass is 10.3. The Labute approximate surface area is 173 Å². The fourth-order valence-electron chi connectivity index (χ4n) is 3.46. The number of rotatable bonds is 4. The van der Waals surface area contributed by atoms with Crippen molar-refractivity contribution < 1.29 is 27.4 Å². The number of aromatic nitrogens is 2. The lowest BCUT2D eigenvalue weighted by Gasteiger charge is -2.37. The number of morpholine rings is 1. The molecule has 4 rings (SSSR count). The SMILES string of the molecule is O=C(c1nn(-c2ccc(F)cc2)cc1O)N1CCN(S(=O)(=O)N2CCOCC2)CC1. The summed E-state index contributed by atoms with van der Waals surface area (Å²) in [4.78, 5) is 14.3. The van der Waals surface area contributed by atoms with Crippen molar-refractivity contribution in [3.63, 3.8) is 0 Å². The van der Waals surface area contributed by atoms with E-state index in [9.17, 15) is 22.7 Å². The highest BCUT2D eigenvalue weighted by Crippen LogP contribution is 2.22. The zero-order chi connectivity index (χ0) is 21.3. The Bertz CT molecular complexity index is 1010. The molecule has 1 aromatic heterocycles. The van der Waals surface area contributed by atoms with E-state index in [2.05, 4.69) is 5.10 Å². The van der Waals surface area contributed by atoms with Crippen LogP contribution in [0.5, 0.6) is 5.75 Å². The first-order chi connectivity index (χ1) is 14.4. The van der Waals surface area contributed by atoms with Gasteiger partial charge in [-0.2, -0.15) is 22.1 Å². The second-order valence-electron chi connectivity index (χ2n) is 6.99. The number of benzene rings is 1. The molecule has 0 spiro atoms. The molecule has 0 aliphatic carbocycles. The Morgan fingerprint density at radius 1 is 1.00 bits per heavy atom. The summed E-state index contributed by atoms with van der Waals surface area (Å²) in [5.41, 5.74) is 0.357. The molecule has 0 unspecified atom stereocenters. The van der Waals surface area contributed by atoms with Gasteiger partial charge >= 0.3 is 0 Å². The van der Waals surface area contributed by atoms with Crippen molar-refractivity contribution in [3.05, 3.63) is 42.0 Å². The molecule has 12 heteroatoms. The summed E-state index contributed by atoms with van der Waals surface area (Å²) in [6, 6.07) is 5.46. The summed E-state index contributed by atoms with van der Waals surface area (Å²) in [5.74, 6) is -1.19. The highest BCUT2D eigenvalue weighted by Gasteiger charge is 2.35. The fourth-order valence-corrected chi connectivity index (χ4v) is 5.02. The Morgan fingerprint density at radius 3 is 2.23 bits per heavy atom. The molecule has 2 fully saturated rings. The minimum absolute atomic E-state index is 0.135. The number of aromatic hydroxyl groups is 1. The lowest BCUT2D eigenvalue weighted by Crippen LogP contribution is -2.55. The van der Waals surface area contributed by atoms with E-state index in [1.54, 1.807) is 0 Å². The second kappa shape index (κ2) is 8.30. The third kappa shape index (κ3) is 4.03. The molecule has 1 amide bonds. The Kier molecular flexibility index (Phi) is 5.73. The minimum Gasteiger partial charge on any atom is -0.504 e. The molecule has 2 aliphatic heterocycles. The van der Waals surface area contributed by atoms with Crippen LogP contribution in [0.1, 0.15) is 10.5 Å². The topological polar surface area (TPSA) is 108 Å². The smallest absolute Gasteiger partial charge is 0.282 e. The first-order valence-electron chi connectivity index (χ1n) is 9.53. The van der Waals surface area contributed by atoms with Crippen LogP contribution >= 0.6 is 0 Å². The van der Waals surface area contributed by atoms with Crippen molar-refractivity contribution in [1.29, 1.82) is 0 Å². The summed E-state index contributed by atoms with van der Waals surface area (Å²) < 4.78 is 47.8. The predicted molar refractivity (Wildman–Crippen MR) is 104 cm³/mol. The number of hydrogen-bond donors (Lipinski definition) is 1. The van der Waals surface area contributed by atoms with Gasteiger partial charge in [0.25, 0.3) is 16.1 Å². The molecule has 2 aliphatic rings. The fraction of sp³-hybridized carbons (Fsp3) is 0.444. The summed E-state index contributed by atoms with van der Waals surface area (Å²) >= 11 is 0. The van der Waals surface area contributed by atoms with Gasteiger partial charge in [-0.3, -0.25) is 4.79 Å². The maximum atomic E-state index is 13.1. The van der Waals surface area contributed by atoms with Crippen molar-refractivity contribution >= 4 is 16.1 Å².